The fourth-order valence-corrected chi connectivity index (χ4v) is 2.18. The van der Waals surface area contributed by atoms with Gasteiger partial charge in [0.25, 0.3) is 0 Å². The zero-order chi connectivity index (χ0) is 15.2. The number of allylic oxidation sites excluding steroid dienone is 1. The Labute approximate surface area is 117 Å². The molecule has 0 aliphatic heterocycles. The van der Waals surface area contributed by atoms with Crippen molar-refractivity contribution >= 4 is 23.3 Å². The van der Waals surface area contributed by atoms with E-state index in [4.69, 9.17) is 0 Å². The number of hydrogen-bond donors (Lipinski definition) is 2. The van der Waals surface area contributed by atoms with Crippen molar-refractivity contribution in [2.45, 2.75) is 24.3 Å². The topological polar surface area (TPSA) is 137 Å². The molecule has 0 aliphatic carbocycles. The number of rotatable bonds is 8. The van der Waals surface area contributed by atoms with Crippen molar-refractivity contribution in [1.82, 2.24) is 20.3 Å². The molecule has 0 aromatic carbocycles. The predicted molar refractivity (Wildman–Crippen MR) is 67.1 cm³/mol. The van der Waals surface area contributed by atoms with Crippen molar-refractivity contribution in [3.8, 4) is 0 Å². The van der Waals surface area contributed by atoms with Crippen LogP contribution in [0, 0.1) is 0 Å². The minimum atomic E-state index is -2.71. The fourth-order valence-electron chi connectivity index (χ4n) is 1.58. The maximum absolute atomic E-state index is 11.5. The third kappa shape index (κ3) is 3.71. The van der Waals surface area contributed by atoms with Crippen LogP contribution in [0.1, 0.15) is 6.92 Å². The Morgan fingerprint density at radius 2 is 2.40 bits per heavy atom. The maximum Gasteiger partial charge on any atom is 0.327 e. The molecule has 0 saturated heterocycles. The molecule has 110 valence electrons. The van der Waals surface area contributed by atoms with Gasteiger partial charge in [0.05, 0.1) is 17.5 Å². The van der Waals surface area contributed by atoms with Crippen LogP contribution in [0.5, 0.6) is 0 Å². The van der Waals surface area contributed by atoms with Gasteiger partial charge in [-0.05, 0) is 24.1 Å². The van der Waals surface area contributed by atoms with Crippen molar-refractivity contribution in [3.63, 3.8) is 0 Å². The number of aromatic nitrogens is 3. The third-order valence-corrected chi connectivity index (χ3v) is 3.75. The second-order valence-corrected chi connectivity index (χ2v) is 5.48. The van der Waals surface area contributed by atoms with Crippen LogP contribution < -0.4 is 5.32 Å². The van der Waals surface area contributed by atoms with Crippen molar-refractivity contribution < 1.29 is 23.5 Å². The SMILES string of the molecule is C[C@](Cn1ccnn1)([C@@H](N/C=C\C=O)C(=O)O)S(=O)[O-]. The molecule has 1 rings (SSSR count). The van der Waals surface area contributed by atoms with Gasteiger partial charge in [0.1, 0.15) is 12.3 Å². The summed E-state index contributed by atoms with van der Waals surface area (Å²) in [4.78, 5) is 21.4. The number of carboxylic acid groups (broad SMARTS) is 1. The molecule has 20 heavy (non-hydrogen) atoms. The molecule has 2 N–H and O–H groups in total. The number of hydrogen-bond acceptors (Lipinski definition) is 7. The average Bonchev–Trinajstić information content (AvgIpc) is 2.86. The van der Waals surface area contributed by atoms with Gasteiger partial charge in [-0.3, -0.25) is 13.7 Å². The van der Waals surface area contributed by atoms with Crippen LogP contribution in [0.3, 0.4) is 0 Å². The lowest BCUT2D eigenvalue weighted by Crippen LogP contribution is -2.56. The van der Waals surface area contributed by atoms with Gasteiger partial charge in [-0.25, -0.2) is 4.79 Å². The highest BCUT2D eigenvalue weighted by atomic mass is 32.2. The summed E-state index contributed by atoms with van der Waals surface area (Å²) in [6.07, 6.45) is 5.32. The molecule has 0 fully saturated rings. The highest BCUT2D eigenvalue weighted by Crippen LogP contribution is 2.20. The molecular formula is C10H13N4O5S-. The Bertz CT molecular complexity index is 518. The maximum atomic E-state index is 11.5. The predicted octanol–water partition coefficient (Wildman–Crippen LogP) is -1.33. The van der Waals surface area contributed by atoms with E-state index in [0.29, 0.717) is 6.29 Å². The molecule has 3 atom stereocenters. The Morgan fingerprint density at radius 1 is 1.70 bits per heavy atom. The molecule has 10 heteroatoms. The van der Waals surface area contributed by atoms with E-state index in [1.807, 2.05) is 0 Å². The number of nitrogens with one attached hydrogen (secondary N) is 1. The molecule has 0 radical (unpaired) electrons. The van der Waals surface area contributed by atoms with Crippen molar-refractivity contribution in [1.29, 1.82) is 0 Å². The summed E-state index contributed by atoms with van der Waals surface area (Å²) in [5, 5.41) is 18.7. The number of carbonyl (C=O) groups is 2. The van der Waals surface area contributed by atoms with E-state index in [1.54, 1.807) is 0 Å². The first-order chi connectivity index (χ1) is 9.41. The summed E-state index contributed by atoms with van der Waals surface area (Å²) in [5.74, 6) is -1.37. The van der Waals surface area contributed by atoms with Crippen LogP contribution in [0.2, 0.25) is 0 Å². The first-order valence-electron chi connectivity index (χ1n) is 5.44. The number of aldehydes is 1. The minimum absolute atomic E-state index is 0.206. The minimum Gasteiger partial charge on any atom is -0.772 e. The van der Waals surface area contributed by atoms with Crippen molar-refractivity contribution in [2.24, 2.45) is 0 Å². The van der Waals surface area contributed by atoms with Crippen molar-refractivity contribution in [2.75, 3.05) is 0 Å². The van der Waals surface area contributed by atoms with E-state index in [9.17, 15) is 23.5 Å². The van der Waals surface area contributed by atoms with Crippen LogP contribution in [-0.4, -0.2) is 51.9 Å². The summed E-state index contributed by atoms with van der Waals surface area (Å²) in [7, 11) is 0. The second-order valence-electron chi connectivity index (χ2n) is 4.08. The molecule has 1 heterocycles. The molecule has 0 saturated carbocycles. The van der Waals surface area contributed by atoms with E-state index in [2.05, 4.69) is 15.6 Å². The average molecular weight is 301 g/mol. The van der Waals surface area contributed by atoms with Crippen LogP contribution in [0.15, 0.2) is 24.7 Å². The number of aliphatic carboxylic acids is 1. The van der Waals surface area contributed by atoms with Gasteiger partial charge in [0.2, 0.25) is 0 Å². The summed E-state index contributed by atoms with van der Waals surface area (Å²) >= 11 is -2.71. The van der Waals surface area contributed by atoms with Crippen LogP contribution in [-0.2, 0) is 27.2 Å². The zero-order valence-corrected chi connectivity index (χ0v) is 11.3. The standard InChI is InChI=1S/C10H14N4O5S/c1-10(20(18)19,7-14-5-4-12-13-14)8(9(16)17)11-3-2-6-15/h2-6,8,11H,7H2,1H3,(H,16,17)(H,18,19)/p-1/b3-2-/t8-,10-/m0/s1. The van der Waals surface area contributed by atoms with Gasteiger partial charge in [-0.15, -0.1) is 5.10 Å². The summed E-state index contributed by atoms with van der Waals surface area (Å²) in [5.41, 5.74) is 0. The van der Waals surface area contributed by atoms with Crippen molar-refractivity contribution in [3.05, 3.63) is 24.7 Å². The fraction of sp³-hybridized carbons (Fsp3) is 0.400. The first kappa shape index (κ1) is 16.0. The molecule has 0 spiro atoms. The lowest BCUT2D eigenvalue weighted by molar-refractivity contribution is -0.140. The number of nitrogens with zero attached hydrogens (tertiary/aromatic N) is 3. The Hall–Kier alpha value is -2.07. The first-order valence-corrected chi connectivity index (χ1v) is 6.52. The highest BCUT2D eigenvalue weighted by molar-refractivity contribution is 7.80. The molecular weight excluding hydrogens is 288 g/mol. The summed E-state index contributed by atoms with van der Waals surface area (Å²) < 4.78 is 22.5. The Balaban J connectivity index is 3.05. The van der Waals surface area contributed by atoms with E-state index in [1.165, 1.54) is 24.0 Å². The molecule has 0 amide bonds. The van der Waals surface area contributed by atoms with E-state index in [-0.39, 0.29) is 6.54 Å². The van der Waals surface area contributed by atoms with Gasteiger partial charge >= 0.3 is 5.97 Å². The Kier molecular flexibility index (Phi) is 5.53. The molecule has 9 nitrogen and oxygen atoms in total. The van der Waals surface area contributed by atoms with Gasteiger partial charge in [-0.1, -0.05) is 5.21 Å². The van der Waals surface area contributed by atoms with E-state index >= 15 is 0 Å². The van der Waals surface area contributed by atoms with Crippen LogP contribution in [0.25, 0.3) is 0 Å². The summed E-state index contributed by atoms with van der Waals surface area (Å²) in [6, 6.07) is -1.46. The molecule has 0 aliphatic rings. The van der Waals surface area contributed by atoms with E-state index in [0.717, 1.165) is 12.3 Å². The summed E-state index contributed by atoms with van der Waals surface area (Å²) in [6.45, 7) is 1.06. The quantitative estimate of drug-likeness (QED) is 0.342. The molecule has 0 bridgehead atoms. The van der Waals surface area contributed by atoms with Crippen LogP contribution in [0.4, 0.5) is 0 Å². The van der Waals surface area contributed by atoms with Gasteiger partial charge < -0.3 is 15.0 Å². The monoisotopic (exact) mass is 301 g/mol. The van der Waals surface area contributed by atoms with Gasteiger partial charge in [0.15, 0.2) is 0 Å². The lowest BCUT2D eigenvalue weighted by atomic mass is 10.0. The molecule has 1 aromatic rings. The Morgan fingerprint density at radius 3 is 2.85 bits per heavy atom. The normalized spacial score (nSPS) is 17.3. The number of carbonyl (C=O) groups excluding carboxylic acids is 1. The lowest BCUT2D eigenvalue weighted by Gasteiger charge is -2.36. The van der Waals surface area contributed by atoms with Gasteiger partial charge in [0, 0.05) is 12.4 Å². The third-order valence-electron chi connectivity index (χ3n) is 2.62. The highest BCUT2D eigenvalue weighted by Gasteiger charge is 2.41. The largest absolute Gasteiger partial charge is 0.772 e. The smallest absolute Gasteiger partial charge is 0.327 e. The van der Waals surface area contributed by atoms with Gasteiger partial charge in [-0.2, -0.15) is 0 Å². The second kappa shape index (κ2) is 6.91. The zero-order valence-electron chi connectivity index (χ0n) is 10.5. The molecule has 1 unspecified atom stereocenters. The van der Waals surface area contributed by atoms with E-state index < -0.39 is 27.8 Å². The molecule has 1 aromatic heterocycles. The number of carboxylic acids is 1. The van der Waals surface area contributed by atoms with Crippen LogP contribution >= 0.6 is 0 Å².